The van der Waals surface area contributed by atoms with Gasteiger partial charge in [-0.2, -0.15) is 5.10 Å². The van der Waals surface area contributed by atoms with Crippen LogP contribution >= 0.6 is 0 Å². The lowest BCUT2D eigenvalue weighted by atomic mass is 10.1. The minimum Gasteiger partial charge on any atom is -0.497 e. The van der Waals surface area contributed by atoms with Crippen molar-refractivity contribution in [2.45, 2.75) is 52.1 Å². The van der Waals surface area contributed by atoms with E-state index in [1.54, 1.807) is 16.4 Å². The SMILES string of the molecule is COc1cccc(N2CCN(C(=O)C3CCCCc4nn(CC(C)C)c(=O)n43)CC2)c1. The van der Waals surface area contributed by atoms with E-state index in [9.17, 15) is 9.59 Å². The van der Waals surface area contributed by atoms with Crippen LogP contribution in [0.15, 0.2) is 29.1 Å². The second kappa shape index (κ2) is 9.16. The van der Waals surface area contributed by atoms with Gasteiger partial charge in [0, 0.05) is 50.9 Å². The van der Waals surface area contributed by atoms with Gasteiger partial charge in [-0.25, -0.2) is 9.48 Å². The van der Waals surface area contributed by atoms with E-state index < -0.39 is 6.04 Å². The molecule has 8 heteroatoms. The summed E-state index contributed by atoms with van der Waals surface area (Å²) in [5, 5.41) is 4.57. The molecule has 1 amide bonds. The molecule has 0 bridgehead atoms. The summed E-state index contributed by atoms with van der Waals surface area (Å²) < 4.78 is 8.57. The summed E-state index contributed by atoms with van der Waals surface area (Å²) in [5.41, 5.74) is 0.966. The highest BCUT2D eigenvalue weighted by Gasteiger charge is 2.33. The Balaban J connectivity index is 1.49. The number of piperazine rings is 1. The summed E-state index contributed by atoms with van der Waals surface area (Å²) in [6, 6.07) is 7.58. The van der Waals surface area contributed by atoms with Crippen LogP contribution in [0.25, 0.3) is 0 Å². The van der Waals surface area contributed by atoms with Crippen LogP contribution in [0.4, 0.5) is 5.69 Å². The quantitative estimate of drug-likeness (QED) is 0.732. The van der Waals surface area contributed by atoms with Crippen molar-refractivity contribution in [2.75, 3.05) is 38.2 Å². The largest absolute Gasteiger partial charge is 0.497 e. The van der Waals surface area contributed by atoms with Crippen molar-refractivity contribution >= 4 is 11.6 Å². The van der Waals surface area contributed by atoms with Crippen LogP contribution in [0, 0.1) is 5.92 Å². The first-order valence-electron chi connectivity index (χ1n) is 11.3. The predicted octanol–water partition coefficient (Wildman–Crippen LogP) is 2.33. The minimum atomic E-state index is -0.436. The Bertz CT molecular complexity index is 972. The van der Waals surface area contributed by atoms with E-state index in [1.165, 1.54) is 0 Å². The number of rotatable bonds is 5. The van der Waals surface area contributed by atoms with Gasteiger partial charge in [-0.05, 0) is 30.9 Å². The third-order valence-corrected chi connectivity index (χ3v) is 6.21. The molecule has 1 aromatic carbocycles. The standard InChI is InChI=1S/C23H33N5O3/c1-17(2)16-27-23(30)28-20(9-4-5-10-21(28)24-27)22(29)26-13-11-25(12-14-26)18-7-6-8-19(15-18)31-3/h6-8,15,17,20H,4-5,9-14,16H2,1-3H3. The van der Waals surface area contributed by atoms with Gasteiger partial charge in [-0.15, -0.1) is 0 Å². The van der Waals surface area contributed by atoms with E-state index in [1.807, 2.05) is 23.1 Å². The fourth-order valence-corrected chi connectivity index (χ4v) is 4.60. The van der Waals surface area contributed by atoms with Crippen LogP contribution in [0.5, 0.6) is 5.75 Å². The smallest absolute Gasteiger partial charge is 0.346 e. The van der Waals surface area contributed by atoms with Gasteiger partial charge in [-0.1, -0.05) is 26.3 Å². The first-order chi connectivity index (χ1) is 15.0. The fraction of sp³-hybridized carbons (Fsp3) is 0.609. The molecule has 0 aliphatic carbocycles. The van der Waals surface area contributed by atoms with Crippen molar-refractivity contribution in [3.8, 4) is 5.75 Å². The number of carbonyl (C=O) groups is 1. The van der Waals surface area contributed by atoms with E-state index in [4.69, 9.17) is 4.74 Å². The Hall–Kier alpha value is -2.77. The van der Waals surface area contributed by atoms with Gasteiger partial charge in [0.25, 0.3) is 0 Å². The topological polar surface area (TPSA) is 72.6 Å². The maximum absolute atomic E-state index is 13.5. The van der Waals surface area contributed by atoms with E-state index in [2.05, 4.69) is 29.9 Å². The minimum absolute atomic E-state index is 0.0552. The van der Waals surface area contributed by atoms with Crippen LogP contribution in [0.1, 0.15) is 45.0 Å². The molecular formula is C23H33N5O3. The number of amides is 1. The number of methoxy groups -OCH3 is 1. The van der Waals surface area contributed by atoms with Crippen molar-refractivity contribution in [1.29, 1.82) is 0 Å². The zero-order valence-electron chi connectivity index (χ0n) is 18.8. The predicted molar refractivity (Wildman–Crippen MR) is 120 cm³/mol. The van der Waals surface area contributed by atoms with Crippen LogP contribution in [-0.4, -0.2) is 58.4 Å². The number of fused-ring (bicyclic) bond motifs is 1. The van der Waals surface area contributed by atoms with E-state index in [0.717, 1.165) is 49.6 Å². The number of nitrogens with zero attached hydrogens (tertiary/aromatic N) is 5. The third-order valence-electron chi connectivity index (χ3n) is 6.21. The molecule has 2 aliphatic rings. The lowest BCUT2D eigenvalue weighted by molar-refractivity contribution is -0.135. The van der Waals surface area contributed by atoms with Crippen LogP contribution in [-0.2, 0) is 17.8 Å². The lowest BCUT2D eigenvalue weighted by Gasteiger charge is -2.37. The number of hydrogen-bond donors (Lipinski definition) is 0. The van der Waals surface area contributed by atoms with Gasteiger partial charge in [0.15, 0.2) is 0 Å². The third kappa shape index (κ3) is 4.48. The maximum Gasteiger partial charge on any atom is 0.346 e. The van der Waals surface area contributed by atoms with E-state index >= 15 is 0 Å². The molecule has 2 aliphatic heterocycles. The molecule has 1 fully saturated rings. The molecule has 4 rings (SSSR count). The van der Waals surface area contributed by atoms with E-state index in [-0.39, 0.29) is 11.6 Å². The Kier molecular flexibility index (Phi) is 6.34. The normalized spacial score (nSPS) is 19.3. The van der Waals surface area contributed by atoms with Crippen LogP contribution in [0.3, 0.4) is 0 Å². The number of carbonyl (C=O) groups excluding carboxylic acids is 1. The maximum atomic E-state index is 13.5. The van der Waals surface area contributed by atoms with Gasteiger partial charge < -0.3 is 14.5 Å². The molecule has 0 spiro atoms. The van der Waals surface area contributed by atoms with Gasteiger partial charge in [-0.3, -0.25) is 9.36 Å². The second-order valence-corrected chi connectivity index (χ2v) is 8.92. The average Bonchev–Trinajstić information content (AvgIpc) is 2.95. The summed E-state index contributed by atoms with van der Waals surface area (Å²) in [6.45, 7) is 7.55. The van der Waals surface area contributed by atoms with Crippen LogP contribution in [0.2, 0.25) is 0 Å². The van der Waals surface area contributed by atoms with Gasteiger partial charge in [0.05, 0.1) is 7.11 Å². The molecule has 168 valence electrons. The molecule has 1 unspecified atom stereocenters. The van der Waals surface area contributed by atoms with Crippen molar-refractivity contribution in [3.63, 3.8) is 0 Å². The molecule has 8 nitrogen and oxygen atoms in total. The molecule has 0 N–H and O–H groups in total. The fourth-order valence-electron chi connectivity index (χ4n) is 4.60. The Morgan fingerprint density at radius 3 is 2.68 bits per heavy atom. The van der Waals surface area contributed by atoms with Gasteiger partial charge in [0.1, 0.15) is 17.6 Å². The summed E-state index contributed by atoms with van der Waals surface area (Å²) in [6.07, 6.45) is 3.36. The summed E-state index contributed by atoms with van der Waals surface area (Å²) >= 11 is 0. The molecule has 1 aromatic heterocycles. The molecule has 1 atom stereocenters. The first kappa shape index (κ1) is 21.5. The summed E-state index contributed by atoms with van der Waals surface area (Å²) in [7, 11) is 1.67. The average molecular weight is 428 g/mol. The highest BCUT2D eigenvalue weighted by Crippen LogP contribution is 2.26. The molecule has 0 radical (unpaired) electrons. The van der Waals surface area contributed by atoms with Gasteiger partial charge >= 0.3 is 5.69 Å². The molecule has 3 heterocycles. The van der Waals surface area contributed by atoms with Crippen LogP contribution < -0.4 is 15.3 Å². The number of ether oxygens (including phenoxy) is 1. The second-order valence-electron chi connectivity index (χ2n) is 8.92. The molecule has 31 heavy (non-hydrogen) atoms. The Labute approximate surface area is 183 Å². The number of anilines is 1. The van der Waals surface area contributed by atoms with Crippen molar-refractivity contribution in [1.82, 2.24) is 19.2 Å². The number of aromatic nitrogens is 3. The number of aryl methyl sites for hydroxylation is 1. The Morgan fingerprint density at radius 2 is 1.97 bits per heavy atom. The van der Waals surface area contributed by atoms with Crippen molar-refractivity contribution < 1.29 is 9.53 Å². The summed E-state index contributed by atoms with van der Waals surface area (Å²) in [4.78, 5) is 30.8. The zero-order chi connectivity index (χ0) is 22.0. The molecular weight excluding hydrogens is 394 g/mol. The highest BCUT2D eigenvalue weighted by molar-refractivity contribution is 5.81. The lowest BCUT2D eigenvalue weighted by Crippen LogP contribution is -2.51. The van der Waals surface area contributed by atoms with E-state index in [0.29, 0.717) is 32.0 Å². The van der Waals surface area contributed by atoms with Gasteiger partial charge in [0.2, 0.25) is 5.91 Å². The molecule has 1 saturated heterocycles. The zero-order valence-corrected chi connectivity index (χ0v) is 18.8. The first-order valence-corrected chi connectivity index (χ1v) is 11.3. The molecule has 0 saturated carbocycles. The molecule has 2 aromatic rings. The van der Waals surface area contributed by atoms with Crippen molar-refractivity contribution in [3.05, 3.63) is 40.6 Å². The summed E-state index contributed by atoms with van der Waals surface area (Å²) in [5.74, 6) is 1.98. The monoisotopic (exact) mass is 427 g/mol. The highest BCUT2D eigenvalue weighted by atomic mass is 16.5. The number of benzene rings is 1. The number of hydrogen-bond acceptors (Lipinski definition) is 5. The van der Waals surface area contributed by atoms with Crippen molar-refractivity contribution in [2.24, 2.45) is 5.92 Å². The Morgan fingerprint density at radius 1 is 1.19 bits per heavy atom.